The Morgan fingerprint density at radius 1 is 0.957 bits per heavy atom. The minimum atomic E-state index is 0.116. The summed E-state index contributed by atoms with van der Waals surface area (Å²) in [7, 11) is 0. The van der Waals surface area contributed by atoms with Gasteiger partial charge in [0.05, 0.1) is 12.3 Å². The summed E-state index contributed by atoms with van der Waals surface area (Å²) < 4.78 is 11.5. The van der Waals surface area contributed by atoms with Crippen LogP contribution in [0, 0.1) is 0 Å². The van der Waals surface area contributed by atoms with Crippen LogP contribution < -0.4 is 9.47 Å². The van der Waals surface area contributed by atoms with Gasteiger partial charge in [0, 0.05) is 0 Å². The van der Waals surface area contributed by atoms with Crippen LogP contribution in [0.25, 0.3) is 10.8 Å². The highest BCUT2D eigenvalue weighted by molar-refractivity contribution is 7.15. The van der Waals surface area contributed by atoms with Crippen LogP contribution in [0.15, 0.2) is 42.6 Å². The molecule has 23 heavy (non-hydrogen) atoms. The fourth-order valence-electron chi connectivity index (χ4n) is 2.33. The summed E-state index contributed by atoms with van der Waals surface area (Å²) >= 11 is 1.41. The molecule has 0 aliphatic carbocycles. The molecule has 1 heterocycles. The fraction of sp³-hybridized carbons (Fsp3) is 0.316. The maximum atomic E-state index is 5.90. The van der Waals surface area contributed by atoms with Crippen LogP contribution in [0.1, 0.15) is 39.2 Å². The van der Waals surface area contributed by atoms with Crippen molar-refractivity contribution in [1.82, 2.24) is 4.98 Å². The molecule has 2 aromatic carbocycles. The first-order chi connectivity index (χ1) is 11.0. The lowest BCUT2D eigenvalue weighted by Crippen LogP contribution is -2.04. The Morgan fingerprint density at radius 2 is 1.70 bits per heavy atom. The molecule has 1 aromatic heterocycles. The average Bonchev–Trinajstić information content (AvgIpc) is 2.92. The molecule has 3 rings (SSSR count). The van der Waals surface area contributed by atoms with Gasteiger partial charge in [-0.3, -0.25) is 0 Å². The standard InChI is InChI=1S/C19H21NO2S/c1-12(2)14-5-6-16-10-17(8-7-15(16)9-14)22-18-11-20-19(23-18)21-13(3)4/h5-13H,1-4H3. The van der Waals surface area contributed by atoms with Gasteiger partial charge >= 0.3 is 0 Å². The Bertz CT molecular complexity index is 808. The number of rotatable bonds is 5. The minimum Gasteiger partial charge on any atom is -0.467 e. The first kappa shape index (κ1) is 15.8. The largest absolute Gasteiger partial charge is 0.467 e. The Kier molecular flexibility index (Phi) is 4.53. The van der Waals surface area contributed by atoms with Gasteiger partial charge in [0.2, 0.25) is 5.06 Å². The van der Waals surface area contributed by atoms with Crippen molar-refractivity contribution < 1.29 is 9.47 Å². The summed E-state index contributed by atoms with van der Waals surface area (Å²) in [6.07, 6.45) is 1.82. The summed E-state index contributed by atoms with van der Waals surface area (Å²) in [5.41, 5.74) is 1.35. The van der Waals surface area contributed by atoms with Crippen molar-refractivity contribution in [3.05, 3.63) is 48.2 Å². The van der Waals surface area contributed by atoms with Crippen LogP contribution >= 0.6 is 11.3 Å². The van der Waals surface area contributed by atoms with E-state index in [-0.39, 0.29) is 6.10 Å². The first-order valence-corrected chi connectivity index (χ1v) is 8.67. The van der Waals surface area contributed by atoms with Crippen LogP contribution in [0.4, 0.5) is 0 Å². The third-order valence-electron chi connectivity index (χ3n) is 3.52. The molecule has 0 spiro atoms. The van der Waals surface area contributed by atoms with E-state index in [0.717, 1.165) is 10.8 Å². The second-order valence-corrected chi connectivity index (χ2v) is 7.09. The zero-order valence-electron chi connectivity index (χ0n) is 13.9. The molecule has 4 heteroatoms. The highest BCUT2D eigenvalue weighted by Gasteiger charge is 2.08. The van der Waals surface area contributed by atoms with E-state index < -0.39 is 0 Å². The number of aromatic nitrogens is 1. The van der Waals surface area contributed by atoms with Gasteiger partial charge < -0.3 is 9.47 Å². The fourth-order valence-corrected chi connectivity index (χ4v) is 3.09. The van der Waals surface area contributed by atoms with Crippen molar-refractivity contribution in [2.24, 2.45) is 0 Å². The van der Waals surface area contributed by atoms with E-state index in [0.29, 0.717) is 11.1 Å². The van der Waals surface area contributed by atoms with Crippen molar-refractivity contribution in [2.45, 2.75) is 39.7 Å². The van der Waals surface area contributed by atoms with E-state index in [1.165, 1.54) is 27.7 Å². The number of nitrogens with zero attached hydrogens (tertiary/aromatic N) is 1. The molecule has 0 bridgehead atoms. The Hall–Kier alpha value is -2.07. The van der Waals surface area contributed by atoms with Crippen molar-refractivity contribution >= 4 is 22.1 Å². The van der Waals surface area contributed by atoms with E-state index in [9.17, 15) is 0 Å². The first-order valence-electron chi connectivity index (χ1n) is 7.85. The number of ether oxygens (including phenoxy) is 2. The third-order valence-corrected chi connectivity index (χ3v) is 4.29. The monoisotopic (exact) mass is 327 g/mol. The lowest BCUT2D eigenvalue weighted by molar-refractivity contribution is 0.241. The van der Waals surface area contributed by atoms with Gasteiger partial charge in [0.15, 0.2) is 0 Å². The SMILES string of the molecule is CC(C)Oc1ncc(Oc2ccc3cc(C(C)C)ccc3c2)s1. The van der Waals surface area contributed by atoms with E-state index in [2.05, 4.69) is 49.2 Å². The zero-order valence-corrected chi connectivity index (χ0v) is 14.7. The zero-order chi connectivity index (χ0) is 16.4. The molecule has 0 unspecified atom stereocenters. The predicted molar refractivity (Wildman–Crippen MR) is 96.0 cm³/mol. The highest BCUT2D eigenvalue weighted by Crippen LogP contribution is 2.33. The van der Waals surface area contributed by atoms with Crippen LogP contribution in [-0.2, 0) is 0 Å². The normalized spacial score (nSPS) is 11.4. The van der Waals surface area contributed by atoms with Crippen molar-refractivity contribution in [3.63, 3.8) is 0 Å². The maximum absolute atomic E-state index is 5.90. The Balaban J connectivity index is 1.80. The molecule has 0 aliphatic heterocycles. The second kappa shape index (κ2) is 6.59. The molecule has 120 valence electrons. The predicted octanol–water partition coefficient (Wildman–Crippen LogP) is 6.00. The molecule has 0 saturated heterocycles. The molecule has 0 aliphatic rings. The van der Waals surface area contributed by atoms with Crippen molar-refractivity contribution in [3.8, 4) is 16.0 Å². The van der Waals surface area contributed by atoms with Gasteiger partial charge in [-0.25, -0.2) is 4.98 Å². The van der Waals surface area contributed by atoms with E-state index >= 15 is 0 Å². The van der Waals surface area contributed by atoms with E-state index in [1.807, 2.05) is 19.9 Å². The maximum Gasteiger partial charge on any atom is 0.276 e. The summed E-state index contributed by atoms with van der Waals surface area (Å²) in [5.74, 6) is 1.35. The lowest BCUT2D eigenvalue weighted by Gasteiger charge is -2.08. The second-order valence-electron chi connectivity index (χ2n) is 6.14. The molecular formula is C19H21NO2S. The topological polar surface area (TPSA) is 31.4 Å². The number of hydrogen-bond donors (Lipinski definition) is 0. The summed E-state index contributed by atoms with van der Waals surface area (Å²) in [4.78, 5) is 4.22. The lowest BCUT2D eigenvalue weighted by atomic mass is 9.99. The molecule has 3 nitrogen and oxygen atoms in total. The summed E-state index contributed by atoms with van der Waals surface area (Å²) in [6, 6.07) is 12.7. The van der Waals surface area contributed by atoms with Gasteiger partial charge in [0.25, 0.3) is 5.19 Å². The smallest absolute Gasteiger partial charge is 0.276 e. The van der Waals surface area contributed by atoms with Gasteiger partial charge in [-0.2, -0.15) is 0 Å². The number of benzene rings is 2. The quantitative estimate of drug-likeness (QED) is 0.576. The van der Waals surface area contributed by atoms with E-state index in [4.69, 9.17) is 9.47 Å². The Morgan fingerprint density at radius 3 is 2.43 bits per heavy atom. The molecule has 0 fully saturated rings. The number of thiazole rings is 1. The molecule has 0 amide bonds. The number of fused-ring (bicyclic) bond motifs is 1. The summed E-state index contributed by atoms with van der Waals surface area (Å²) in [5, 5.41) is 3.78. The van der Waals surface area contributed by atoms with Crippen LogP contribution in [0.2, 0.25) is 0 Å². The average molecular weight is 327 g/mol. The van der Waals surface area contributed by atoms with E-state index in [1.54, 1.807) is 6.20 Å². The molecule has 0 saturated carbocycles. The minimum absolute atomic E-state index is 0.116. The van der Waals surface area contributed by atoms with Crippen LogP contribution in [0.5, 0.6) is 16.0 Å². The van der Waals surface area contributed by atoms with Crippen molar-refractivity contribution in [1.29, 1.82) is 0 Å². The van der Waals surface area contributed by atoms with Crippen LogP contribution in [-0.4, -0.2) is 11.1 Å². The third kappa shape index (κ3) is 3.82. The van der Waals surface area contributed by atoms with Gasteiger partial charge in [-0.05, 0) is 59.6 Å². The van der Waals surface area contributed by atoms with Crippen molar-refractivity contribution in [2.75, 3.05) is 0 Å². The molecule has 0 N–H and O–H groups in total. The highest BCUT2D eigenvalue weighted by atomic mass is 32.1. The number of hydrogen-bond acceptors (Lipinski definition) is 4. The molecule has 0 atom stereocenters. The van der Waals surface area contributed by atoms with Crippen LogP contribution in [0.3, 0.4) is 0 Å². The van der Waals surface area contributed by atoms with Gasteiger partial charge in [-0.15, -0.1) is 0 Å². The Labute approximate surface area is 140 Å². The van der Waals surface area contributed by atoms with Gasteiger partial charge in [-0.1, -0.05) is 38.1 Å². The summed E-state index contributed by atoms with van der Waals surface area (Å²) in [6.45, 7) is 8.38. The molecular weight excluding hydrogens is 306 g/mol. The van der Waals surface area contributed by atoms with Gasteiger partial charge in [0.1, 0.15) is 5.75 Å². The molecule has 0 radical (unpaired) electrons. The molecule has 3 aromatic rings.